The minimum Gasteiger partial charge on any atom is -0.464 e. The maximum absolute atomic E-state index is 14.7. The van der Waals surface area contributed by atoms with Crippen LogP contribution in [0.2, 0.25) is 0 Å². The fraction of sp³-hybridized carbons (Fsp3) is 0.571. The second kappa shape index (κ2) is 20.0. The summed E-state index contributed by atoms with van der Waals surface area (Å²) in [6.45, 7) is 18.9. The highest BCUT2D eigenvalue weighted by atomic mass is 16.5. The SMILES string of the molecule is C=CC(=O)N1CC[C@H]([N+](=O)N(C)[C@H](C(=O)N[C@H]2CN3CCC=C(C3)c3ccc4c(c3)c(c(-c3cccnc3[C@H](C)OC)n4CC)CC(C)(C)COC(=O)[C@@H]3CCCN(N3)C2=O)C(C)C)C1. The Hall–Kier alpha value is -5.45. The summed E-state index contributed by atoms with van der Waals surface area (Å²) in [7, 11) is 3.28. The molecule has 2 N–H and O–H groups in total. The number of cyclic esters (lactones) is 1. The van der Waals surface area contributed by atoms with Gasteiger partial charge in [-0.1, -0.05) is 46.4 Å². The molecule has 3 aromatic rings. The van der Waals surface area contributed by atoms with Gasteiger partial charge in [-0.3, -0.25) is 34.1 Å². The second-order valence-electron chi connectivity index (χ2n) is 19.2. The number of nitrogens with one attached hydrogen (secondary N) is 2. The van der Waals surface area contributed by atoms with Crippen molar-refractivity contribution in [2.45, 2.75) is 110 Å². The van der Waals surface area contributed by atoms with Crippen LogP contribution in [0.3, 0.4) is 0 Å². The molecule has 0 saturated carbocycles. The second-order valence-corrected chi connectivity index (χ2v) is 19.2. The predicted molar refractivity (Wildman–Crippen MR) is 249 cm³/mol. The lowest BCUT2D eigenvalue weighted by Crippen LogP contribution is -2.64. The van der Waals surface area contributed by atoms with Crippen LogP contribution in [0.15, 0.2) is 55.3 Å². The number of aromatic nitrogens is 2. The summed E-state index contributed by atoms with van der Waals surface area (Å²) in [5, 5.41) is 7.04. The van der Waals surface area contributed by atoms with Crippen LogP contribution in [0.4, 0.5) is 0 Å². The number of methoxy groups -OCH3 is 1. The summed E-state index contributed by atoms with van der Waals surface area (Å²) in [5.41, 5.74) is 10.0. The highest BCUT2D eigenvalue weighted by Gasteiger charge is 2.45. The molecule has 3 amide bonds. The molecule has 1 aromatic carbocycles. The molecule has 65 heavy (non-hydrogen) atoms. The summed E-state index contributed by atoms with van der Waals surface area (Å²) in [6, 6.07) is 7.48. The number of hydrogen-bond donors (Lipinski definition) is 2. The van der Waals surface area contributed by atoms with Crippen molar-refractivity contribution in [2.75, 3.05) is 60.0 Å². The molecule has 1 unspecified atom stereocenters. The van der Waals surface area contributed by atoms with Crippen molar-refractivity contribution in [3.8, 4) is 11.3 Å². The van der Waals surface area contributed by atoms with Crippen LogP contribution in [0.1, 0.15) is 90.2 Å². The zero-order valence-corrected chi connectivity index (χ0v) is 39.5. The number of hydrogen-bond acceptors (Lipinski definition) is 10. The minimum absolute atomic E-state index is 0.146. The lowest BCUT2D eigenvalue weighted by molar-refractivity contribution is -0.732. The summed E-state index contributed by atoms with van der Waals surface area (Å²) in [5.74, 6) is -1.83. The van der Waals surface area contributed by atoms with E-state index < -0.39 is 41.5 Å². The summed E-state index contributed by atoms with van der Waals surface area (Å²) in [6.07, 6.45) is 7.90. The van der Waals surface area contributed by atoms with Gasteiger partial charge in [-0.25, -0.2) is 5.43 Å². The number of hydrazine groups is 2. The van der Waals surface area contributed by atoms with Gasteiger partial charge < -0.3 is 24.3 Å². The molecule has 4 aliphatic heterocycles. The Morgan fingerprint density at radius 2 is 1.92 bits per heavy atom. The Morgan fingerprint density at radius 3 is 2.65 bits per heavy atom. The summed E-state index contributed by atoms with van der Waals surface area (Å²) < 4.78 is 14.3. The van der Waals surface area contributed by atoms with E-state index in [1.54, 1.807) is 25.3 Å². The van der Waals surface area contributed by atoms with Gasteiger partial charge in [0.05, 0.1) is 42.6 Å². The highest BCUT2D eigenvalue weighted by Crippen LogP contribution is 2.41. The first-order chi connectivity index (χ1) is 31.0. The number of likely N-dealkylation sites (N-methyl/N-ethyl adjacent to an activating group) is 1. The molecule has 6 atom stereocenters. The van der Waals surface area contributed by atoms with E-state index in [1.165, 1.54) is 16.1 Å². The van der Waals surface area contributed by atoms with E-state index in [2.05, 4.69) is 77.9 Å². The Bertz CT molecular complexity index is 2340. The Labute approximate surface area is 382 Å². The molecule has 2 fully saturated rings. The normalized spacial score (nSPS) is 23.6. The number of carbonyl (C=O) groups excluding carboxylic acids is 4. The van der Waals surface area contributed by atoms with Crippen LogP contribution in [-0.2, 0) is 41.6 Å². The van der Waals surface area contributed by atoms with E-state index in [-0.39, 0.29) is 43.5 Å². The van der Waals surface area contributed by atoms with Crippen molar-refractivity contribution >= 4 is 40.2 Å². The first kappa shape index (κ1) is 47.5. The quantitative estimate of drug-likeness (QED) is 0.115. The standard InChI is InChI=1S/C49H67N9O7/c1-10-42(59)55-24-20-35(28-55)58(63)53(8)44(31(3)4)46(60)51-40-29-54-22-13-15-34(27-54)33-18-19-41-37(25-33)38(45(56(41)11-2)36-16-12-21-50-43(36)32(5)64-9)26-49(6,7)30-65-48(62)39-17-14-23-57(52-39)47(40)61/h10,12,15-16,18-19,21,25,31-32,35,39-40,44,52H,1,11,13-14,17,20,22-24,26-30H2,2-9H3/p+1/t32-,35-,39-,40-,44-/m0/s1. The van der Waals surface area contributed by atoms with E-state index >= 15 is 0 Å². The van der Waals surface area contributed by atoms with E-state index in [9.17, 15) is 24.1 Å². The van der Waals surface area contributed by atoms with Crippen molar-refractivity contribution in [1.82, 2.24) is 40.1 Å². The molecule has 0 spiro atoms. The van der Waals surface area contributed by atoms with Crippen LogP contribution in [-0.4, -0.2) is 142 Å². The number of nitroso groups, excluding NO2 is 1. The average molecular weight is 895 g/mol. The molecule has 4 aliphatic rings. The number of carbonyl (C=O) groups is 4. The Balaban J connectivity index is 1.25. The Morgan fingerprint density at radius 1 is 1.14 bits per heavy atom. The molecule has 0 radical (unpaired) electrons. The van der Waals surface area contributed by atoms with E-state index in [0.717, 1.165) is 55.8 Å². The predicted octanol–water partition coefficient (Wildman–Crippen LogP) is 5.06. The molecule has 6 heterocycles. The first-order valence-electron chi connectivity index (χ1n) is 23.3. The third-order valence-corrected chi connectivity index (χ3v) is 13.5. The van der Waals surface area contributed by atoms with Gasteiger partial charge in [0.25, 0.3) is 11.9 Å². The molecule has 6 bridgehead atoms. The fourth-order valence-corrected chi connectivity index (χ4v) is 10.1. The van der Waals surface area contributed by atoms with Crippen LogP contribution < -0.4 is 10.7 Å². The maximum atomic E-state index is 14.7. The fourth-order valence-electron chi connectivity index (χ4n) is 10.1. The van der Waals surface area contributed by atoms with Crippen LogP contribution >= 0.6 is 0 Å². The number of likely N-dealkylation sites (tertiary alicyclic amines) is 1. The molecule has 2 saturated heterocycles. The van der Waals surface area contributed by atoms with Gasteiger partial charge in [-0.2, -0.15) is 0 Å². The number of pyridine rings is 1. The zero-order valence-electron chi connectivity index (χ0n) is 39.5. The molecule has 2 aromatic heterocycles. The third-order valence-electron chi connectivity index (χ3n) is 13.5. The zero-order chi connectivity index (χ0) is 46.7. The number of benzene rings is 1. The maximum Gasteiger partial charge on any atom is 0.324 e. The molecule has 350 valence electrons. The van der Waals surface area contributed by atoms with Crippen molar-refractivity contribution in [3.05, 3.63) is 77.0 Å². The highest BCUT2D eigenvalue weighted by molar-refractivity contribution is 5.95. The van der Waals surface area contributed by atoms with Crippen LogP contribution in [0.25, 0.3) is 27.7 Å². The van der Waals surface area contributed by atoms with E-state index in [0.29, 0.717) is 58.4 Å². The average Bonchev–Trinajstić information content (AvgIpc) is 3.92. The van der Waals surface area contributed by atoms with Gasteiger partial charge in [0.2, 0.25) is 11.8 Å². The lowest BCUT2D eigenvalue weighted by Gasteiger charge is -2.38. The van der Waals surface area contributed by atoms with Gasteiger partial charge in [0, 0.05) is 80.9 Å². The minimum atomic E-state index is -1.01. The van der Waals surface area contributed by atoms with Gasteiger partial charge in [0.15, 0.2) is 6.04 Å². The van der Waals surface area contributed by atoms with Gasteiger partial charge in [0.1, 0.15) is 17.0 Å². The first-order valence-corrected chi connectivity index (χ1v) is 23.3. The van der Waals surface area contributed by atoms with Gasteiger partial charge in [-0.15, -0.1) is 5.01 Å². The molecule has 7 rings (SSSR count). The number of rotatable bonds is 11. The smallest absolute Gasteiger partial charge is 0.324 e. The van der Waals surface area contributed by atoms with Crippen LogP contribution in [0.5, 0.6) is 0 Å². The number of ether oxygens (including phenoxy) is 2. The van der Waals surface area contributed by atoms with Crippen molar-refractivity contribution in [3.63, 3.8) is 0 Å². The van der Waals surface area contributed by atoms with E-state index in [1.807, 2.05) is 26.8 Å². The number of amides is 3. The van der Waals surface area contributed by atoms with Crippen molar-refractivity contribution in [1.29, 1.82) is 0 Å². The topological polar surface area (TPSA) is 162 Å². The molecule has 16 nitrogen and oxygen atoms in total. The van der Waals surface area contributed by atoms with E-state index in [4.69, 9.17) is 14.5 Å². The monoisotopic (exact) mass is 895 g/mol. The molecular weight excluding hydrogens is 827 g/mol. The third kappa shape index (κ3) is 10.0. The van der Waals surface area contributed by atoms with Gasteiger partial charge >= 0.3 is 5.97 Å². The number of esters is 1. The number of aryl methyl sites for hydroxylation is 1. The van der Waals surface area contributed by atoms with Crippen molar-refractivity contribution < 1.29 is 33.5 Å². The van der Waals surface area contributed by atoms with Gasteiger partial charge in [-0.05, 0) is 92.5 Å². The Kier molecular flexibility index (Phi) is 14.6. The lowest BCUT2D eigenvalue weighted by atomic mass is 9.84. The molecular formula is C49H68N9O7+. The largest absolute Gasteiger partial charge is 0.464 e. The summed E-state index contributed by atoms with van der Waals surface area (Å²) in [4.78, 5) is 78.6. The summed E-state index contributed by atoms with van der Waals surface area (Å²) >= 11 is 0. The number of fused-ring (bicyclic) bond motifs is 6. The molecule has 16 heteroatoms. The van der Waals surface area contributed by atoms with Crippen LogP contribution in [0, 0.1) is 16.2 Å². The number of nitrogens with zero attached hydrogens (tertiary/aromatic N) is 7. The molecule has 0 aliphatic carbocycles. The van der Waals surface area contributed by atoms with Crippen molar-refractivity contribution in [2.24, 2.45) is 11.3 Å².